The van der Waals surface area contributed by atoms with E-state index in [4.69, 9.17) is 11.6 Å². The zero-order valence-corrected chi connectivity index (χ0v) is 8.08. The van der Waals surface area contributed by atoms with Crippen LogP contribution in [-0.2, 0) is 5.88 Å². The van der Waals surface area contributed by atoms with E-state index in [1.807, 2.05) is 0 Å². The van der Waals surface area contributed by atoms with Crippen LogP contribution < -0.4 is 0 Å². The molecular formula is C10H8ClFN2. The number of hydrogen-bond acceptors (Lipinski definition) is 1. The highest BCUT2D eigenvalue weighted by Crippen LogP contribution is 2.18. The number of rotatable bonds is 2. The molecular weight excluding hydrogens is 203 g/mol. The van der Waals surface area contributed by atoms with Crippen molar-refractivity contribution in [1.29, 1.82) is 0 Å². The molecule has 2 aromatic rings. The van der Waals surface area contributed by atoms with Gasteiger partial charge in [-0.3, -0.25) is 0 Å². The third-order valence-electron chi connectivity index (χ3n) is 1.98. The van der Waals surface area contributed by atoms with E-state index in [1.165, 1.54) is 6.07 Å². The zero-order valence-electron chi connectivity index (χ0n) is 7.32. The van der Waals surface area contributed by atoms with Crippen LogP contribution in [0.4, 0.5) is 4.39 Å². The number of hydrogen-bond donors (Lipinski definition) is 0. The standard InChI is InChI=1S/C10H8ClFN2/c11-7-8-9(12)3-1-4-10(8)14-6-2-5-13-14/h1-6H,7H2. The largest absolute Gasteiger partial charge is 0.241 e. The van der Waals surface area contributed by atoms with Gasteiger partial charge in [-0.2, -0.15) is 5.10 Å². The molecule has 1 aromatic heterocycles. The second-order valence-electron chi connectivity index (χ2n) is 2.82. The number of nitrogens with zero attached hydrogens (tertiary/aromatic N) is 2. The summed E-state index contributed by atoms with van der Waals surface area (Å²) >= 11 is 5.67. The third-order valence-corrected chi connectivity index (χ3v) is 2.25. The topological polar surface area (TPSA) is 17.8 Å². The van der Waals surface area contributed by atoms with Crippen LogP contribution in [0.1, 0.15) is 5.56 Å². The molecule has 2 nitrogen and oxygen atoms in total. The molecule has 0 radical (unpaired) electrons. The summed E-state index contributed by atoms with van der Waals surface area (Å²) in [7, 11) is 0. The van der Waals surface area contributed by atoms with Gasteiger partial charge in [0, 0.05) is 18.0 Å². The van der Waals surface area contributed by atoms with Crippen molar-refractivity contribution in [3.05, 3.63) is 48.0 Å². The highest BCUT2D eigenvalue weighted by Gasteiger charge is 2.08. The third kappa shape index (κ3) is 1.51. The Kier molecular flexibility index (Phi) is 2.50. The van der Waals surface area contributed by atoms with Gasteiger partial charge in [0.2, 0.25) is 0 Å². The Balaban J connectivity index is 2.58. The quantitative estimate of drug-likeness (QED) is 0.697. The Labute approximate surface area is 85.9 Å². The SMILES string of the molecule is Fc1cccc(-n2cccn2)c1CCl. The van der Waals surface area contributed by atoms with E-state index in [-0.39, 0.29) is 11.7 Å². The fourth-order valence-corrected chi connectivity index (χ4v) is 1.57. The molecule has 0 saturated heterocycles. The van der Waals surface area contributed by atoms with E-state index in [0.717, 1.165) is 0 Å². The Morgan fingerprint density at radius 3 is 2.86 bits per heavy atom. The fraction of sp³-hybridized carbons (Fsp3) is 0.100. The van der Waals surface area contributed by atoms with Crippen molar-refractivity contribution in [2.24, 2.45) is 0 Å². The first-order chi connectivity index (χ1) is 6.83. The van der Waals surface area contributed by atoms with Gasteiger partial charge in [0.1, 0.15) is 5.82 Å². The minimum atomic E-state index is -0.298. The Morgan fingerprint density at radius 2 is 2.21 bits per heavy atom. The summed E-state index contributed by atoms with van der Waals surface area (Å²) in [5.74, 6) is -0.157. The maximum absolute atomic E-state index is 13.3. The van der Waals surface area contributed by atoms with Gasteiger partial charge >= 0.3 is 0 Å². The second-order valence-corrected chi connectivity index (χ2v) is 3.09. The van der Waals surface area contributed by atoms with Gasteiger partial charge in [0.05, 0.1) is 11.6 Å². The van der Waals surface area contributed by atoms with Gasteiger partial charge in [-0.05, 0) is 18.2 Å². The predicted molar refractivity (Wildman–Crippen MR) is 53.1 cm³/mol. The molecule has 72 valence electrons. The van der Waals surface area contributed by atoms with Crippen LogP contribution in [0.5, 0.6) is 0 Å². The van der Waals surface area contributed by atoms with Gasteiger partial charge in [0.15, 0.2) is 0 Å². The minimum absolute atomic E-state index is 0.141. The van der Waals surface area contributed by atoms with E-state index in [2.05, 4.69) is 5.10 Å². The molecule has 2 rings (SSSR count). The smallest absolute Gasteiger partial charge is 0.129 e. The molecule has 0 aliphatic carbocycles. The number of alkyl halides is 1. The van der Waals surface area contributed by atoms with Gasteiger partial charge in [-0.15, -0.1) is 11.6 Å². The summed E-state index contributed by atoms with van der Waals surface area (Å²) in [4.78, 5) is 0. The normalized spacial score (nSPS) is 10.4. The average molecular weight is 211 g/mol. The number of halogens is 2. The van der Waals surface area contributed by atoms with Gasteiger partial charge in [-0.25, -0.2) is 9.07 Å². The Morgan fingerprint density at radius 1 is 1.36 bits per heavy atom. The lowest BCUT2D eigenvalue weighted by Crippen LogP contribution is -2.00. The van der Waals surface area contributed by atoms with Crippen molar-refractivity contribution in [3.63, 3.8) is 0 Å². The molecule has 0 amide bonds. The minimum Gasteiger partial charge on any atom is -0.241 e. The maximum Gasteiger partial charge on any atom is 0.129 e. The van der Waals surface area contributed by atoms with E-state index in [1.54, 1.807) is 35.3 Å². The summed E-state index contributed by atoms with van der Waals surface area (Å²) in [6.45, 7) is 0. The highest BCUT2D eigenvalue weighted by atomic mass is 35.5. The first-order valence-electron chi connectivity index (χ1n) is 4.16. The van der Waals surface area contributed by atoms with Crippen molar-refractivity contribution in [2.45, 2.75) is 5.88 Å². The lowest BCUT2D eigenvalue weighted by molar-refractivity contribution is 0.613. The lowest BCUT2D eigenvalue weighted by Gasteiger charge is -2.07. The second kappa shape index (κ2) is 3.80. The van der Waals surface area contributed by atoms with Crippen molar-refractivity contribution in [3.8, 4) is 5.69 Å². The van der Waals surface area contributed by atoms with E-state index >= 15 is 0 Å². The summed E-state index contributed by atoms with van der Waals surface area (Å²) in [6.07, 6.45) is 3.40. The first-order valence-corrected chi connectivity index (χ1v) is 4.70. The van der Waals surface area contributed by atoms with Crippen LogP contribution in [-0.4, -0.2) is 9.78 Å². The first kappa shape index (κ1) is 9.21. The molecule has 0 bridgehead atoms. The molecule has 0 atom stereocenters. The Bertz CT molecular complexity index is 426. The summed E-state index contributed by atoms with van der Waals surface area (Å²) in [5, 5.41) is 4.03. The van der Waals surface area contributed by atoms with Crippen LogP contribution in [0.15, 0.2) is 36.7 Å². The predicted octanol–water partition coefficient (Wildman–Crippen LogP) is 2.75. The van der Waals surface area contributed by atoms with Crippen LogP contribution >= 0.6 is 11.6 Å². The summed E-state index contributed by atoms with van der Waals surface area (Å²) in [5.41, 5.74) is 1.16. The average Bonchev–Trinajstić information content (AvgIpc) is 2.70. The molecule has 1 aromatic carbocycles. The van der Waals surface area contributed by atoms with Crippen molar-refractivity contribution in [1.82, 2.24) is 9.78 Å². The van der Waals surface area contributed by atoms with Gasteiger partial charge < -0.3 is 0 Å². The molecule has 0 aliphatic rings. The van der Waals surface area contributed by atoms with Crippen LogP contribution in [0.25, 0.3) is 5.69 Å². The summed E-state index contributed by atoms with van der Waals surface area (Å²) in [6, 6.07) is 6.60. The van der Waals surface area contributed by atoms with E-state index in [0.29, 0.717) is 11.3 Å². The van der Waals surface area contributed by atoms with Crippen LogP contribution in [0.3, 0.4) is 0 Å². The summed E-state index contributed by atoms with van der Waals surface area (Å²) < 4.78 is 14.9. The van der Waals surface area contributed by atoms with Crippen molar-refractivity contribution >= 4 is 11.6 Å². The van der Waals surface area contributed by atoms with Crippen molar-refractivity contribution in [2.75, 3.05) is 0 Å². The monoisotopic (exact) mass is 210 g/mol. The van der Waals surface area contributed by atoms with Gasteiger partial charge in [-0.1, -0.05) is 6.07 Å². The molecule has 0 spiro atoms. The maximum atomic E-state index is 13.3. The molecule has 0 unspecified atom stereocenters. The molecule has 0 aliphatic heterocycles. The zero-order chi connectivity index (χ0) is 9.97. The molecule has 0 fully saturated rings. The van der Waals surface area contributed by atoms with Crippen LogP contribution in [0.2, 0.25) is 0 Å². The molecule has 0 N–H and O–H groups in total. The number of benzene rings is 1. The molecule has 4 heteroatoms. The van der Waals surface area contributed by atoms with Crippen molar-refractivity contribution < 1.29 is 4.39 Å². The highest BCUT2D eigenvalue weighted by molar-refractivity contribution is 6.17. The molecule has 14 heavy (non-hydrogen) atoms. The Hall–Kier alpha value is -1.35. The van der Waals surface area contributed by atoms with Crippen LogP contribution in [0, 0.1) is 5.82 Å². The van der Waals surface area contributed by atoms with E-state index < -0.39 is 0 Å². The van der Waals surface area contributed by atoms with E-state index in [9.17, 15) is 4.39 Å². The number of aromatic nitrogens is 2. The molecule has 1 heterocycles. The lowest BCUT2D eigenvalue weighted by atomic mass is 10.2. The molecule has 0 saturated carbocycles. The fourth-order valence-electron chi connectivity index (χ4n) is 1.31. The van der Waals surface area contributed by atoms with Gasteiger partial charge in [0.25, 0.3) is 0 Å².